The van der Waals surface area contributed by atoms with Crippen molar-refractivity contribution < 1.29 is 9.59 Å². The van der Waals surface area contributed by atoms with Crippen LogP contribution in [0.25, 0.3) is 5.57 Å². The second kappa shape index (κ2) is 5.98. The summed E-state index contributed by atoms with van der Waals surface area (Å²) in [6, 6.07) is 19.4. The molecule has 3 rings (SSSR count). The van der Waals surface area contributed by atoms with Crippen LogP contribution < -0.4 is 5.73 Å². The lowest BCUT2D eigenvalue weighted by Gasteiger charge is -2.29. The fraction of sp³-hybridized carbons (Fsp3) is 0.158. The Kier molecular flexibility index (Phi) is 3.88. The molecule has 0 aliphatic heterocycles. The molecule has 3 heteroatoms. The minimum atomic E-state index is -0.783. The highest BCUT2D eigenvalue weighted by Gasteiger charge is 2.37. The lowest BCUT2D eigenvalue weighted by atomic mass is 9.73. The number of benzene rings is 2. The van der Waals surface area contributed by atoms with Gasteiger partial charge >= 0.3 is 0 Å². The summed E-state index contributed by atoms with van der Waals surface area (Å²) in [7, 11) is 0. The van der Waals surface area contributed by atoms with Gasteiger partial charge in [-0.1, -0.05) is 60.7 Å². The molecule has 0 spiro atoms. The molecule has 1 aliphatic carbocycles. The Labute approximate surface area is 129 Å². The normalized spacial score (nSPS) is 21.3. The predicted octanol–water partition coefficient (Wildman–Crippen LogP) is 2.93. The maximum atomic E-state index is 12.4. The van der Waals surface area contributed by atoms with E-state index in [2.05, 4.69) is 0 Å². The summed E-state index contributed by atoms with van der Waals surface area (Å²) in [6.07, 6.45) is 2.21. The molecule has 1 aliphatic rings. The fourth-order valence-electron chi connectivity index (χ4n) is 3.08. The van der Waals surface area contributed by atoms with Gasteiger partial charge in [0.15, 0.2) is 5.78 Å². The van der Waals surface area contributed by atoms with Crippen LogP contribution in [-0.4, -0.2) is 11.7 Å². The van der Waals surface area contributed by atoms with Crippen molar-refractivity contribution in [2.45, 2.75) is 12.3 Å². The van der Waals surface area contributed by atoms with Crippen LogP contribution >= 0.6 is 0 Å². The molecule has 0 heterocycles. The van der Waals surface area contributed by atoms with Crippen molar-refractivity contribution in [2.75, 3.05) is 0 Å². The van der Waals surface area contributed by atoms with Crippen molar-refractivity contribution in [3.63, 3.8) is 0 Å². The molecule has 0 aromatic heterocycles. The van der Waals surface area contributed by atoms with Crippen LogP contribution in [0.1, 0.15) is 23.5 Å². The first-order chi connectivity index (χ1) is 10.7. The van der Waals surface area contributed by atoms with Gasteiger partial charge in [-0.3, -0.25) is 9.59 Å². The Morgan fingerprint density at radius 1 is 0.955 bits per heavy atom. The lowest BCUT2D eigenvalue weighted by molar-refractivity contribution is -0.130. The minimum absolute atomic E-state index is 0.202. The van der Waals surface area contributed by atoms with Crippen LogP contribution in [0.15, 0.2) is 66.7 Å². The van der Waals surface area contributed by atoms with E-state index in [0.717, 1.165) is 16.7 Å². The summed E-state index contributed by atoms with van der Waals surface area (Å²) in [5, 5.41) is 0. The van der Waals surface area contributed by atoms with E-state index in [1.54, 1.807) is 6.08 Å². The molecule has 0 radical (unpaired) electrons. The molecule has 2 aromatic carbocycles. The number of allylic oxidation sites excluding steroid dienone is 2. The number of hydrogen-bond donors (Lipinski definition) is 1. The first kappa shape index (κ1) is 14.3. The first-order valence-electron chi connectivity index (χ1n) is 7.31. The molecule has 0 saturated heterocycles. The number of primary amides is 1. The third-order valence-electron chi connectivity index (χ3n) is 4.14. The topological polar surface area (TPSA) is 60.2 Å². The van der Waals surface area contributed by atoms with Crippen molar-refractivity contribution in [1.29, 1.82) is 0 Å². The highest BCUT2D eigenvalue weighted by Crippen LogP contribution is 2.39. The largest absolute Gasteiger partial charge is 0.369 e. The molecule has 2 N–H and O–H groups in total. The van der Waals surface area contributed by atoms with Crippen LogP contribution in [-0.2, 0) is 9.59 Å². The zero-order chi connectivity index (χ0) is 15.5. The standard InChI is InChI=1S/C19H17NO2/c20-19(22)18-16(14-9-5-2-6-10-14)11-15(12-17(18)21)13-7-3-1-4-8-13/h1-10,12,16,18H,11H2,(H2,20,22). The first-order valence-corrected chi connectivity index (χ1v) is 7.31. The second-order valence-corrected chi connectivity index (χ2v) is 5.54. The van der Waals surface area contributed by atoms with Crippen LogP contribution in [0.2, 0.25) is 0 Å². The van der Waals surface area contributed by atoms with E-state index in [4.69, 9.17) is 5.73 Å². The average Bonchev–Trinajstić information content (AvgIpc) is 2.55. The molecule has 2 aromatic rings. The molecule has 0 fully saturated rings. The lowest BCUT2D eigenvalue weighted by Crippen LogP contribution is -2.36. The Morgan fingerprint density at radius 3 is 2.14 bits per heavy atom. The van der Waals surface area contributed by atoms with E-state index < -0.39 is 11.8 Å². The molecule has 0 saturated carbocycles. The number of carbonyl (C=O) groups is 2. The number of rotatable bonds is 3. The van der Waals surface area contributed by atoms with E-state index in [1.807, 2.05) is 60.7 Å². The van der Waals surface area contributed by atoms with Crippen LogP contribution in [0.4, 0.5) is 0 Å². The third-order valence-corrected chi connectivity index (χ3v) is 4.14. The molecule has 3 nitrogen and oxygen atoms in total. The SMILES string of the molecule is NC(=O)C1C(=O)C=C(c2ccccc2)CC1c1ccccc1. The average molecular weight is 291 g/mol. The van der Waals surface area contributed by atoms with E-state index in [-0.39, 0.29) is 11.7 Å². The van der Waals surface area contributed by atoms with Gasteiger partial charge in [-0.05, 0) is 29.2 Å². The smallest absolute Gasteiger partial charge is 0.228 e. The van der Waals surface area contributed by atoms with E-state index in [1.165, 1.54) is 0 Å². The van der Waals surface area contributed by atoms with E-state index in [9.17, 15) is 9.59 Å². The molecule has 2 unspecified atom stereocenters. The molecule has 0 bridgehead atoms. The van der Waals surface area contributed by atoms with Gasteiger partial charge in [-0.25, -0.2) is 0 Å². The fourth-order valence-corrected chi connectivity index (χ4v) is 3.08. The summed E-state index contributed by atoms with van der Waals surface area (Å²) < 4.78 is 0. The van der Waals surface area contributed by atoms with Crippen molar-refractivity contribution in [3.05, 3.63) is 77.9 Å². The summed E-state index contributed by atoms with van der Waals surface area (Å²) in [4.78, 5) is 24.2. The highest BCUT2D eigenvalue weighted by molar-refractivity contribution is 6.11. The van der Waals surface area contributed by atoms with E-state index in [0.29, 0.717) is 6.42 Å². The molecular weight excluding hydrogens is 274 g/mol. The second-order valence-electron chi connectivity index (χ2n) is 5.54. The van der Waals surface area contributed by atoms with Gasteiger partial charge in [0.25, 0.3) is 0 Å². The maximum absolute atomic E-state index is 12.4. The molecule has 1 amide bonds. The number of nitrogens with two attached hydrogens (primary N) is 1. The Balaban J connectivity index is 2.03. The highest BCUT2D eigenvalue weighted by atomic mass is 16.2. The Bertz CT molecular complexity index is 720. The van der Waals surface area contributed by atoms with Crippen molar-refractivity contribution >= 4 is 17.3 Å². The van der Waals surface area contributed by atoms with Gasteiger partial charge in [0, 0.05) is 5.92 Å². The molecule has 22 heavy (non-hydrogen) atoms. The summed E-state index contributed by atoms with van der Waals surface area (Å²) in [5.74, 6) is -1.74. The van der Waals surface area contributed by atoms with Gasteiger partial charge in [-0.2, -0.15) is 0 Å². The minimum Gasteiger partial charge on any atom is -0.369 e. The van der Waals surface area contributed by atoms with Crippen molar-refractivity contribution in [2.24, 2.45) is 11.7 Å². The summed E-state index contributed by atoms with van der Waals surface area (Å²) >= 11 is 0. The van der Waals surface area contributed by atoms with Crippen molar-refractivity contribution in [1.82, 2.24) is 0 Å². The molecular formula is C19H17NO2. The van der Waals surface area contributed by atoms with Crippen LogP contribution in [0, 0.1) is 5.92 Å². The van der Waals surface area contributed by atoms with Gasteiger partial charge in [0.2, 0.25) is 5.91 Å². The maximum Gasteiger partial charge on any atom is 0.228 e. The Morgan fingerprint density at radius 2 is 1.55 bits per heavy atom. The summed E-state index contributed by atoms with van der Waals surface area (Å²) in [5.41, 5.74) is 8.42. The third kappa shape index (κ3) is 2.70. The van der Waals surface area contributed by atoms with Crippen LogP contribution in [0.5, 0.6) is 0 Å². The van der Waals surface area contributed by atoms with Crippen LogP contribution in [0.3, 0.4) is 0 Å². The number of ketones is 1. The number of carbonyl (C=O) groups excluding carboxylic acids is 2. The van der Waals surface area contributed by atoms with Gasteiger partial charge < -0.3 is 5.73 Å². The molecule has 110 valence electrons. The number of hydrogen-bond acceptors (Lipinski definition) is 2. The zero-order valence-electron chi connectivity index (χ0n) is 12.1. The zero-order valence-corrected chi connectivity index (χ0v) is 12.1. The predicted molar refractivity (Wildman–Crippen MR) is 85.9 cm³/mol. The molecule has 2 atom stereocenters. The number of amides is 1. The Hall–Kier alpha value is -2.68. The van der Waals surface area contributed by atoms with Crippen molar-refractivity contribution in [3.8, 4) is 0 Å². The summed E-state index contributed by atoms with van der Waals surface area (Å²) in [6.45, 7) is 0. The van der Waals surface area contributed by atoms with E-state index >= 15 is 0 Å². The van der Waals surface area contributed by atoms with Gasteiger partial charge in [0.05, 0.1) is 0 Å². The quantitative estimate of drug-likeness (QED) is 0.884. The monoisotopic (exact) mass is 291 g/mol. The van der Waals surface area contributed by atoms with Gasteiger partial charge in [-0.15, -0.1) is 0 Å². The van der Waals surface area contributed by atoms with Gasteiger partial charge in [0.1, 0.15) is 5.92 Å².